The predicted octanol–water partition coefficient (Wildman–Crippen LogP) is 3.63. The molecule has 0 spiro atoms. The number of fused-ring (bicyclic) bond motifs is 3. The van der Waals surface area contributed by atoms with Crippen LogP contribution in [0.3, 0.4) is 0 Å². The Morgan fingerprint density at radius 3 is 2.58 bits per heavy atom. The van der Waals surface area contributed by atoms with Crippen LogP contribution in [0.1, 0.15) is 42.9 Å². The zero-order valence-electron chi connectivity index (χ0n) is 17.7. The van der Waals surface area contributed by atoms with Crippen LogP contribution in [-0.2, 0) is 17.8 Å². The summed E-state index contributed by atoms with van der Waals surface area (Å²) in [7, 11) is 0. The van der Waals surface area contributed by atoms with Gasteiger partial charge in [0.05, 0.1) is 29.6 Å². The summed E-state index contributed by atoms with van der Waals surface area (Å²) in [6, 6.07) is 14.6. The fraction of sp³-hybridized carbons (Fsp3) is 0.304. The van der Waals surface area contributed by atoms with Crippen molar-refractivity contribution in [2.75, 3.05) is 11.9 Å². The summed E-state index contributed by atoms with van der Waals surface area (Å²) >= 11 is 0. The zero-order valence-corrected chi connectivity index (χ0v) is 17.7. The number of hydrogen-bond acceptors (Lipinski definition) is 6. The number of aryl methyl sites for hydroxylation is 1. The fourth-order valence-electron chi connectivity index (χ4n) is 3.51. The highest BCUT2D eigenvalue weighted by molar-refractivity contribution is 5.89. The summed E-state index contributed by atoms with van der Waals surface area (Å²) < 4.78 is 8.77. The SMILES string of the molecule is CCCCOC(=O)c1ccc(NCc2nnc3n(CC)c(=O)c4ccccc4n23)cc1. The maximum absolute atomic E-state index is 12.8. The van der Waals surface area contributed by atoms with Gasteiger partial charge in [-0.2, -0.15) is 0 Å². The highest BCUT2D eigenvalue weighted by Crippen LogP contribution is 2.16. The lowest BCUT2D eigenvalue weighted by Gasteiger charge is -2.10. The lowest BCUT2D eigenvalue weighted by atomic mass is 10.2. The van der Waals surface area contributed by atoms with E-state index in [-0.39, 0.29) is 11.5 Å². The molecule has 2 aromatic heterocycles. The Balaban J connectivity index is 1.57. The number of rotatable bonds is 8. The lowest BCUT2D eigenvalue weighted by molar-refractivity contribution is 0.0500. The van der Waals surface area contributed by atoms with Crippen LogP contribution in [0.2, 0.25) is 0 Å². The molecule has 8 nitrogen and oxygen atoms in total. The number of carbonyl (C=O) groups excluding carboxylic acids is 1. The van der Waals surface area contributed by atoms with Crippen molar-refractivity contribution in [2.24, 2.45) is 0 Å². The molecule has 0 aliphatic carbocycles. The number of benzene rings is 2. The van der Waals surface area contributed by atoms with E-state index in [0.717, 1.165) is 24.0 Å². The van der Waals surface area contributed by atoms with E-state index in [9.17, 15) is 9.59 Å². The van der Waals surface area contributed by atoms with Gasteiger partial charge in [-0.15, -0.1) is 10.2 Å². The third kappa shape index (κ3) is 4.01. The van der Waals surface area contributed by atoms with E-state index in [1.165, 1.54) is 0 Å². The summed E-state index contributed by atoms with van der Waals surface area (Å²) in [6.07, 6.45) is 1.84. The van der Waals surface area contributed by atoms with Gasteiger partial charge in [-0.1, -0.05) is 25.5 Å². The zero-order chi connectivity index (χ0) is 21.8. The van der Waals surface area contributed by atoms with Crippen molar-refractivity contribution in [1.29, 1.82) is 0 Å². The molecule has 0 saturated carbocycles. The molecule has 0 bridgehead atoms. The summed E-state index contributed by atoms with van der Waals surface area (Å²) in [5.74, 6) is 0.900. The minimum Gasteiger partial charge on any atom is -0.462 e. The molecule has 0 amide bonds. The number of esters is 1. The Hall–Kier alpha value is -3.68. The van der Waals surface area contributed by atoms with Crippen LogP contribution < -0.4 is 10.9 Å². The van der Waals surface area contributed by atoms with Crippen molar-refractivity contribution in [1.82, 2.24) is 19.2 Å². The predicted molar refractivity (Wildman–Crippen MR) is 119 cm³/mol. The number of anilines is 1. The first-order chi connectivity index (χ1) is 15.1. The van der Waals surface area contributed by atoms with Crippen LogP contribution in [0.25, 0.3) is 16.7 Å². The van der Waals surface area contributed by atoms with E-state index >= 15 is 0 Å². The van der Waals surface area contributed by atoms with Crippen molar-refractivity contribution in [3.63, 3.8) is 0 Å². The van der Waals surface area contributed by atoms with Crippen molar-refractivity contribution in [3.05, 3.63) is 70.3 Å². The van der Waals surface area contributed by atoms with Crippen LogP contribution in [0.4, 0.5) is 5.69 Å². The molecule has 0 unspecified atom stereocenters. The molecule has 2 aromatic carbocycles. The normalized spacial score (nSPS) is 11.2. The van der Waals surface area contributed by atoms with Crippen molar-refractivity contribution < 1.29 is 9.53 Å². The van der Waals surface area contributed by atoms with Crippen molar-refractivity contribution in [2.45, 2.75) is 39.8 Å². The second kappa shape index (κ2) is 8.99. The number of aromatic nitrogens is 4. The number of unbranched alkanes of at least 4 members (excludes halogenated alkanes) is 1. The number of nitrogens with zero attached hydrogens (tertiary/aromatic N) is 4. The first-order valence-electron chi connectivity index (χ1n) is 10.5. The van der Waals surface area contributed by atoms with Gasteiger partial charge in [0, 0.05) is 12.2 Å². The minimum atomic E-state index is -0.313. The first kappa shape index (κ1) is 20.6. The van der Waals surface area contributed by atoms with E-state index in [4.69, 9.17) is 4.74 Å². The lowest BCUT2D eigenvalue weighted by Crippen LogP contribution is -2.22. The second-order valence-electron chi connectivity index (χ2n) is 7.24. The topological polar surface area (TPSA) is 90.5 Å². The van der Waals surface area contributed by atoms with Gasteiger partial charge in [-0.25, -0.2) is 4.79 Å². The molecule has 0 aliphatic rings. The average molecular weight is 419 g/mol. The molecule has 8 heteroatoms. The Labute approximate surface area is 179 Å². The quantitative estimate of drug-likeness (QED) is 0.346. The average Bonchev–Trinajstić information content (AvgIpc) is 3.22. The standard InChI is InChI=1S/C23H25N5O3/c1-3-5-14-31-22(30)16-10-12-17(13-11-16)24-15-20-25-26-23-27(4-2)21(29)18-8-6-7-9-19(18)28(20)23/h6-13,24H,3-5,14-15H2,1-2H3. The number of para-hydroxylation sites is 1. The van der Waals surface area contributed by atoms with Gasteiger partial charge in [0.15, 0.2) is 5.82 Å². The molecule has 31 heavy (non-hydrogen) atoms. The van der Waals surface area contributed by atoms with Gasteiger partial charge < -0.3 is 10.1 Å². The molecule has 160 valence electrons. The van der Waals surface area contributed by atoms with Crippen molar-refractivity contribution >= 4 is 28.3 Å². The van der Waals surface area contributed by atoms with E-state index < -0.39 is 0 Å². The Morgan fingerprint density at radius 2 is 1.84 bits per heavy atom. The number of carbonyl (C=O) groups is 1. The highest BCUT2D eigenvalue weighted by atomic mass is 16.5. The molecular weight excluding hydrogens is 394 g/mol. The van der Waals surface area contributed by atoms with E-state index in [1.807, 2.05) is 47.7 Å². The van der Waals surface area contributed by atoms with Gasteiger partial charge in [0.1, 0.15) is 0 Å². The number of nitrogens with one attached hydrogen (secondary N) is 1. The molecule has 4 rings (SSSR count). The van der Waals surface area contributed by atoms with Crippen molar-refractivity contribution in [3.8, 4) is 0 Å². The molecule has 0 atom stereocenters. The van der Waals surface area contributed by atoms with Gasteiger partial charge >= 0.3 is 5.97 Å². The Kier molecular flexibility index (Phi) is 5.97. The largest absolute Gasteiger partial charge is 0.462 e. The molecule has 0 radical (unpaired) electrons. The van der Waals surface area contributed by atoms with Crippen LogP contribution in [0, 0.1) is 0 Å². The third-order valence-corrected chi connectivity index (χ3v) is 5.19. The van der Waals surface area contributed by atoms with E-state index in [1.54, 1.807) is 16.7 Å². The Bertz CT molecular complexity index is 1270. The molecular formula is C23H25N5O3. The molecule has 2 heterocycles. The highest BCUT2D eigenvalue weighted by Gasteiger charge is 2.15. The molecule has 0 saturated heterocycles. The second-order valence-corrected chi connectivity index (χ2v) is 7.24. The van der Waals surface area contributed by atoms with Crippen LogP contribution >= 0.6 is 0 Å². The van der Waals surface area contributed by atoms with Gasteiger partial charge in [-0.05, 0) is 49.7 Å². The first-order valence-corrected chi connectivity index (χ1v) is 10.5. The summed E-state index contributed by atoms with van der Waals surface area (Å²) in [6.45, 7) is 5.32. The Morgan fingerprint density at radius 1 is 1.06 bits per heavy atom. The van der Waals surface area contributed by atoms with Crippen LogP contribution in [-0.4, -0.2) is 31.7 Å². The monoisotopic (exact) mass is 419 g/mol. The maximum Gasteiger partial charge on any atom is 0.338 e. The number of ether oxygens (including phenoxy) is 1. The molecule has 0 fully saturated rings. The molecule has 0 aliphatic heterocycles. The van der Waals surface area contributed by atoms with E-state index in [0.29, 0.717) is 42.2 Å². The van der Waals surface area contributed by atoms with Gasteiger partial charge in [0.2, 0.25) is 5.78 Å². The van der Waals surface area contributed by atoms with E-state index in [2.05, 4.69) is 22.4 Å². The van der Waals surface area contributed by atoms with Crippen LogP contribution in [0.15, 0.2) is 53.3 Å². The van der Waals surface area contributed by atoms with Gasteiger partial charge in [-0.3, -0.25) is 13.8 Å². The fourth-order valence-corrected chi connectivity index (χ4v) is 3.51. The summed E-state index contributed by atoms with van der Waals surface area (Å²) in [4.78, 5) is 24.8. The smallest absolute Gasteiger partial charge is 0.338 e. The minimum absolute atomic E-state index is 0.0704. The van der Waals surface area contributed by atoms with Crippen LogP contribution in [0.5, 0.6) is 0 Å². The maximum atomic E-state index is 12.8. The summed E-state index contributed by atoms with van der Waals surface area (Å²) in [5.41, 5.74) is 2.07. The molecule has 1 N–H and O–H groups in total. The third-order valence-electron chi connectivity index (χ3n) is 5.19. The van der Waals surface area contributed by atoms with Gasteiger partial charge in [0.25, 0.3) is 5.56 Å². The number of hydrogen-bond donors (Lipinski definition) is 1. The summed E-state index contributed by atoms with van der Waals surface area (Å²) in [5, 5.41) is 12.5. The molecule has 4 aromatic rings.